The standard InChI is InChI=1S/C14H20ClN3O3.C4H4O4/c15-13(11-5-4-6-16-9-11)17-21-10-12(19)14(20)18-7-2-1-3-8-18;5-3(6)1-2-4(7)8/h4-6,9,12,14,19-20H,1-3,7-8,10H2;1-2H,(H,5,6)(H,7,8)/b;2-1-. The van der Waals surface area contributed by atoms with Gasteiger partial charge in [0.05, 0.1) is 0 Å². The van der Waals surface area contributed by atoms with Crippen LogP contribution in [-0.2, 0) is 14.4 Å². The summed E-state index contributed by atoms with van der Waals surface area (Å²) in [6.07, 6.45) is 5.60. The van der Waals surface area contributed by atoms with Gasteiger partial charge in [0, 0.05) is 43.2 Å². The van der Waals surface area contributed by atoms with Crippen LogP contribution in [0, 0.1) is 0 Å². The number of aliphatic hydroxyl groups excluding tert-OH is 2. The molecule has 0 bridgehead atoms. The van der Waals surface area contributed by atoms with Gasteiger partial charge in [-0.1, -0.05) is 23.2 Å². The molecule has 0 amide bonds. The van der Waals surface area contributed by atoms with Crippen LogP contribution in [0.3, 0.4) is 0 Å². The Balaban J connectivity index is 0.000000447. The van der Waals surface area contributed by atoms with Crippen LogP contribution in [0.1, 0.15) is 24.8 Å². The second-order valence-corrected chi connectivity index (χ2v) is 6.36. The highest BCUT2D eigenvalue weighted by Gasteiger charge is 2.25. The van der Waals surface area contributed by atoms with Crippen LogP contribution in [0.4, 0.5) is 0 Å². The Labute approximate surface area is 172 Å². The predicted molar refractivity (Wildman–Crippen MR) is 104 cm³/mol. The summed E-state index contributed by atoms with van der Waals surface area (Å²) in [6.45, 7) is 1.46. The van der Waals surface area contributed by atoms with Crippen LogP contribution < -0.4 is 0 Å². The van der Waals surface area contributed by atoms with Gasteiger partial charge in [-0.05, 0) is 25.0 Å². The number of nitrogens with zero attached hydrogens (tertiary/aromatic N) is 3. The molecule has 1 aromatic rings. The van der Waals surface area contributed by atoms with Gasteiger partial charge >= 0.3 is 11.9 Å². The fraction of sp³-hybridized carbons (Fsp3) is 0.444. The van der Waals surface area contributed by atoms with Crippen molar-refractivity contribution in [3.63, 3.8) is 0 Å². The zero-order valence-electron chi connectivity index (χ0n) is 15.6. The minimum atomic E-state index is -1.26. The summed E-state index contributed by atoms with van der Waals surface area (Å²) in [6, 6.07) is 3.49. The number of oxime groups is 1. The molecule has 2 atom stereocenters. The normalized spacial score (nSPS) is 17.1. The summed E-state index contributed by atoms with van der Waals surface area (Å²) in [5, 5.41) is 39.4. The Bertz CT molecular complexity index is 678. The van der Waals surface area contributed by atoms with E-state index in [9.17, 15) is 19.8 Å². The highest BCUT2D eigenvalue weighted by Crippen LogP contribution is 2.13. The molecule has 2 heterocycles. The molecule has 11 heteroatoms. The molecule has 4 N–H and O–H groups in total. The number of aliphatic hydroxyl groups is 2. The summed E-state index contributed by atoms with van der Waals surface area (Å²) < 4.78 is 0. The van der Waals surface area contributed by atoms with Crippen molar-refractivity contribution in [1.82, 2.24) is 9.88 Å². The zero-order valence-corrected chi connectivity index (χ0v) is 16.4. The lowest BCUT2D eigenvalue weighted by molar-refractivity contribution is -0.134. The van der Waals surface area contributed by atoms with Crippen molar-refractivity contribution in [2.75, 3.05) is 19.7 Å². The average molecular weight is 430 g/mol. The zero-order chi connectivity index (χ0) is 21.6. The minimum Gasteiger partial charge on any atom is -0.478 e. The summed E-state index contributed by atoms with van der Waals surface area (Å²) in [7, 11) is 0. The number of halogens is 1. The predicted octanol–water partition coefficient (Wildman–Crippen LogP) is 0.876. The number of hydrogen-bond acceptors (Lipinski definition) is 8. The van der Waals surface area contributed by atoms with E-state index < -0.39 is 24.3 Å². The molecule has 0 radical (unpaired) electrons. The van der Waals surface area contributed by atoms with Crippen LogP contribution in [0.25, 0.3) is 0 Å². The molecule has 10 nitrogen and oxygen atoms in total. The Morgan fingerprint density at radius 2 is 1.83 bits per heavy atom. The monoisotopic (exact) mass is 429 g/mol. The molecule has 29 heavy (non-hydrogen) atoms. The summed E-state index contributed by atoms with van der Waals surface area (Å²) in [4.78, 5) is 29.9. The number of carbonyl (C=O) groups is 2. The molecule has 1 aliphatic rings. The van der Waals surface area contributed by atoms with Gasteiger partial charge in [-0.15, -0.1) is 0 Å². The lowest BCUT2D eigenvalue weighted by Crippen LogP contribution is -2.47. The van der Waals surface area contributed by atoms with E-state index in [1.165, 1.54) is 6.42 Å². The SMILES string of the molecule is O=C(O)/C=C\C(=O)O.OC(CON=C(Cl)c1cccnc1)C(O)N1CCCCC1. The second kappa shape index (κ2) is 13.6. The van der Waals surface area contributed by atoms with Crippen LogP contribution in [0.5, 0.6) is 0 Å². The smallest absolute Gasteiger partial charge is 0.328 e. The number of likely N-dealkylation sites (tertiary alicyclic amines) is 1. The summed E-state index contributed by atoms with van der Waals surface area (Å²) >= 11 is 5.95. The van der Waals surface area contributed by atoms with Gasteiger partial charge in [-0.3, -0.25) is 9.88 Å². The lowest BCUT2D eigenvalue weighted by Gasteiger charge is -2.33. The van der Waals surface area contributed by atoms with Crippen LogP contribution in [0.2, 0.25) is 0 Å². The molecule has 0 spiro atoms. The molecule has 1 saturated heterocycles. The third-order valence-electron chi connectivity index (χ3n) is 3.77. The minimum absolute atomic E-state index is 0.117. The van der Waals surface area contributed by atoms with Gasteiger partial charge in [0.25, 0.3) is 0 Å². The highest BCUT2D eigenvalue weighted by molar-refractivity contribution is 6.69. The van der Waals surface area contributed by atoms with E-state index in [1.807, 2.05) is 4.90 Å². The van der Waals surface area contributed by atoms with Crippen molar-refractivity contribution in [3.8, 4) is 0 Å². The van der Waals surface area contributed by atoms with E-state index in [4.69, 9.17) is 26.7 Å². The molecule has 1 aliphatic heterocycles. The van der Waals surface area contributed by atoms with Gasteiger partial charge in [0.2, 0.25) is 0 Å². The lowest BCUT2D eigenvalue weighted by atomic mass is 10.1. The van der Waals surface area contributed by atoms with Crippen LogP contribution in [0.15, 0.2) is 41.8 Å². The quantitative estimate of drug-likeness (QED) is 0.268. The highest BCUT2D eigenvalue weighted by atomic mass is 35.5. The third-order valence-corrected chi connectivity index (χ3v) is 4.05. The molecular weight excluding hydrogens is 406 g/mol. The Morgan fingerprint density at radius 3 is 2.34 bits per heavy atom. The number of aliphatic carboxylic acids is 2. The Hall–Kier alpha value is -2.53. The molecule has 0 aromatic carbocycles. The van der Waals surface area contributed by atoms with Crippen molar-refractivity contribution in [2.45, 2.75) is 31.6 Å². The number of carboxylic acids is 2. The molecule has 2 rings (SSSR count). The maximum Gasteiger partial charge on any atom is 0.328 e. The number of hydrogen-bond donors (Lipinski definition) is 4. The van der Waals surface area contributed by atoms with E-state index in [-0.39, 0.29) is 11.8 Å². The maximum atomic E-state index is 10.0. The van der Waals surface area contributed by atoms with E-state index >= 15 is 0 Å². The van der Waals surface area contributed by atoms with Gasteiger partial charge in [-0.2, -0.15) is 0 Å². The van der Waals surface area contributed by atoms with E-state index in [1.54, 1.807) is 24.5 Å². The van der Waals surface area contributed by atoms with Crippen molar-refractivity contribution in [1.29, 1.82) is 0 Å². The first-order valence-electron chi connectivity index (χ1n) is 8.81. The Morgan fingerprint density at radius 1 is 1.21 bits per heavy atom. The largest absolute Gasteiger partial charge is 0.478 e. The maximum absolute atomic E-state index is 10.0. The second-order valence-electron chi connectivity index (χ2n) is 6.01. The number of pyridine rings is 1. The van der Waals surface area contributed by atoms with Gasteiger partial charge in [0.1, 0.15) is 18.9 Å². The summed E-state index contributed by atoms with van der Waals surface area (Å²) in [5.74, 6) is -2.51. The van der Waals surface area contributed by atoms with Gasteiger partial charge in [0.15, 0.2) is 5.17 Å². The van der Waals surface area contributed by atoms with Crippen molar-refractivity contribution >= 4 is 28.7 Å². The van der Waals surface area contributed by atoms with Gasteiger partial charge in [-0.25, -0.2) is 9.59 Å². The topological polar surface area (TPSA) is 153 Å². The third kappa shape index (κ3) is 10.5. The number of rotatable bonds is 8. The van der Waals surface area contributed by atoms with Crippen molar-refractivity contribution in [3.05, 3.63) is 42.2 Å². The molecule has 160 valence electrons. The summed E-state index contributed by atoms with van der Waals surface area (Å²) in [5.41, 5.74) is 0.630. The van der Waals surface area contributed by atoms with E-state index in [2.05, 4.69) is 10.1 Å². The van der Waals surface area contributed by atoms with Gasteiger partial charge < -0.3 is 25.3 Å². The first kappa shape index (κ1) is 24.5. The number of carboxylic acid groups (broad SMARTS) is 2. The Kier molecular flexibility index (Phi) is 11.5. The molecule has 0 saturated carbocycles. The fourth-order valence-corrected chi connectivity index (χ4v) is 2.52. The van der Waals surface area contributed by atoms with Crippen LogP contribution in [-0.4, -0.2) is 79.4 Å². The number of aromatic nitrogens is 1. The van der Waals surface area contributed by atoms with Crippen molar-refractivity contribution in [2.24, 2.45) is 5.16 Å². The van der Waals surface area contributed by atoms with Crippen LogP contribution >= 0.6 is 11.6 Å². The molecular formula is C18H24ClN3O7. The molecule has 1 fully saturated rings. The molecule has 0 aliphatic carbocycles. The molecule has 1 aromatic heterocycles. The van der Waals surface area contributed by atoms with E-state index in [0.29, 0.717) is 17.7 Å². The van der Waals surface area contributed by atoms with E-state index in [0.717, 1.165) is 25.9 Å². The van der Waals surface area contributed by atoms with Crippen molar-refractivity contribution < 1.29 is 34.9 Å². The number of piperidine rings is 1. The average Bonchev–Trinajstić information content (AvgIpc) is 2.73. The first-order chi connectivity index (χ1) is 13.8. The molecule has 2 unspecified atom stereocenters. The fourth-order valence-electron chi connectivity index (χ4n) is 2.36. The first-order valence-corrected chi connectivity index (χ1v) is 9.19.